The number of nitrogens with zero attached hydrogens (tertiary/aromatic N) is 2. The first-order valence-corrected chi connectivity index (χ1v) is 8.08. The van der Waals surface area contributed by atoms with Crippen LogP contribution < -0.4 is 0 Å². The fourth-order valence-electron chi connectivity index (χ4n) is 2.93. The highest BCUT2D eigenvalue weighted by atomic mass is 19.1. The van der Waals surface area contributed by atoms with Gasteiger partial charge in [-0.3, -0.25) is 9.59 Å². The molecule has 0 spiro atoms. The van der Waals surface area contributed by atoms with Crippen molar-refractivity contribution in [1.82, 2.24) is 14.8 Å². The second-order valence-electron chi connectivity index (χ2n) is 5.93. The van der Waals surface area contributed by atoms with Crippen molar-refractivity contribution in [2.45, 2.75) is 12.8 Å². The second kappa shape index (κ2) is 7.29. The summed E-state index contributed by atoms with van der Waals surface area (Å²) in [5.41, 5.74) is 1.30. The van der Waals surface area contributed by atoms with Gasteiger partial charge in [0.2, 0.25) is 5.91 Å². The van der Waals surface area contributed by atoms with Crippen molar-refractivity contribution in [2.75, 3.05) is 26.2 Å². The van der Waals surface area contributed by atoms with E-state index in [0.717, 1.165) is 12.0 Å². The molecule has 1 aromatic carbocycles. The number of benzene rings is 1. The maximum Gasteiger partial charge on any atom is 0.254 e. The van der Waals surface area contributed by atoms with E-state index in [1.54, 1.807) is 22.1 Å². The topological polar surface area (TPSA) is 56.4 Å². The fraction of sp³-hybridized carbons (Fsp3) is 0.333. The summed E-state index contributed by atoms with van der Waals surface area (Å²) >= 11 is 0. The average Bonchev–Trinajstić information content (AvgIpc) is 2.95. The van der Waals surface area contributed by atoms with Crippen molar-refractivity contribution < 1.29 is 14.0 Å². The Morgan fingerprint density at radius 3 is 2.62 bits per heavy atom. The number of carbonyl (C=O) groups is 2. The predicted octanol–water partition coefficient (Wildman–Crippen LogP) is 2.07. The maximum atomic E-state index is 13.3. The molecule has 1 aliphatic rings. The van der Waals surface area contributed by atoms with Gasteiger partial charge in [0, 0.05) is 44.1 Å². The molecule has 1 aromatic heterocycles. The van der Waals surface area contributed by atoms with E-state index in [-0.39, 0.29) is 11.8 Å². The van der Waals surface area contributed by atoms with Crippen molar-refractivity contribution in [1.29, 1.82) is 0 Å². The van der Waals surface area contributed by atoms with Crippen LogP contribution in [0.4, 0.5) is 4.39 Å². The van der Waals surface area contributed by atoms with Crippen LogP contribution >= 0.6 is 0 Å². The Kier molecular flexibility index (Phi) is 4.93. The molecule has 2 amide bonds. The quantitative estimate of drug-likeness (QED) is 0.937. The van der Waals surface area contributed by atoms with Crippen LogP contribution in [0.25, 0.3) is 0 Å². The number of amides is 2. The molecule has 1 saturated heterocycles. The number of rotatable bonds is 3. The molecule has 6 heteroatoms. The zero-order valence-electron chi connectivity index (χ0n) is 13.4. The molecule has 2 aromatic rings. The maximum absolute atomic E-state index is 13.3. The zero-order chi connectivity index (χ0) is 16.9. The summed E-state index contributed by atoms with van der Waals surface area (Å²) in [6, 6.07) is 7.61. The Morgan fingerprint density at radius 1 is 1.08 bits per heavy atom. The van der Waals surface area contributed by atoms with Crippen molar-refractivity contribution in [2.24, 2.45) is 0 Å². The van der Waals surface area contributed by atoms with Crippen LogP contribution in [0.5, 0.6) is 0 Å². The van der Waals surface area contributed by atoms with E-state index in [1.807, 2.05) is 12.3 Å². The van der Waals surface area contributed by atoms with E-state index in [0.29, 0.717) is 38.2 Å². The summed E-state index contributed by atoms with van der Waals surface area (Å²) in [5, 5.41) is 0. The van der Waals surface area contributed by atoms with Gasteiger partial charge in [-0.15, -0.1) is 0 Å². The molecular weight excluding hydrogens is 309 g/mol. The SMILES string of the molecule is O=C(Cc1cc[nH]c1)N1CCCN(C(=O)c2cccc(F)c2)CC1. The van der Waals surface area contributed by atoms with Crippen LogP contribution in [-0.4, -0.2) is 52.8 Å². The number of aromatic amines is 1. The first-order chi connectivity index (χ1) is 11.6. The predicted molar refractivity (Wildman–Crippen MR) is 88.0 cm³/mol. The summed E-state index contributed by atoms with van der Waals surface area (Å²) in [6.45, 7) is 2.18. The smallest absolute Gasteiger partial charge is 0.254 e. The van der Waals surface area contributed by atoms with Crippen LogP contribution in [-0.2, 0) is 11.2 Å². The van der Waals surface area contributed by atoms with Crippen molar-refractivity contribution >= 4 is 11.8 Å². The van der Waals surface area contributed by atoms with Gasteiger partial charge in [0.05, 0.1) is 6.42 Å². The highest BCUT2D eigenvalue weighted by Gasteiger charge is 2.23. The average molecular weight is 329 g/mol. The van der Waals surface area contributed by atoms with Gasteiger partial charge in [0.25, 0.3) is 5.91 Å². The van der Waals surface area contributed by atoms with Crippen LogP contribution in [0.3, 0.4) is 0 Å². The van der Waals surface area contributed by atoms with E-state index >= 15 is 0 Å². The van der Waals surface area contributed by atoms with Crippen LogP contribution in [0.1, 0.15) is 22.3 Å². The summed E-state index contributed by atoms with van der Waals surface area (Å²) in [5.74, 6) is -0.539. The van der Waals surface area contributed by atoms with Crippen molar-refractivity contribution in [3.05, 3.63) is 59.7 Å². The number of halogens is 1. The van der Waals surface area contributed by atoms with Gasteiger partial charge in [-0.1, -0.05) is 6.07 Å². The van der Waals surface area contributed by atoms with Gasteiger partial charge in [-0.25, -0.2) is 4.39 Å². The Bertz CT molecular complexity index is 715. The van der Waals surface area contributed by atoms with Crippen LogP contribution in [0, 0.1) is 5.82 Å². The van der Waals surface area contributed by atoms with Gasteiger partial charge < -0.3 is 14.8 Å². The van der Waals surface area contributed by atoms with E-state index in [9.17, 15) is 14.0 Å². The highest BCUT2D eigenvalue weighted by molar-refractivity contribution is 5.94. The Morgan fingerprint density at radius 2 is 1.88 bits per heavy atom. The Labute approximate surface area is 140 Å². The molecule has 0 aliphatic carbocycles. The number of aromatic nitrogens is 1. The molecule has 0 atom stereocenters. The molecule has 0 unspecified atom stereocenters. The third kappa shape index (κ3) is 3.82. The monoisotopic (exact) mass is 329 g/mol. The molecule has 0 radical (unpaired) electrons. The van der Waals surface area contributed by atoms with Crippen LogP contribution in [0.15, 0.2) is 42.7 Å². The minimum Gasteiger partial charge on any atom is -0.367 e. The second-order valence-corrected chi connectivity index (χ2v) is 5.93. The molecule has 2 heterocycles. The first kappa shape index (κ1) is 16.2. The van der Waals surface area contributed by atoms with Gasteiger partial charge in [-0.05, 0) is 36.2 Å². The number of hydrogen-bond acceptors (Lipinski definition) is 2. The molecule has 24 heavy (non-hydrogen) atoms. The lowest BCUT2D eigenvalue weighted by Gasteiger charge is -2.22. The molecule has 3 rings (SSSR count). The third-order valence-electron chi connectivity index (χ3n) is 4.23. The largest absolute Gasteiger partial charge is 0.367 e. The molecule has 1 aliphatic heterocycles. The van der Waals surface area contributed by atoms with E-state index < -0.39 is 5.82 Å². The summed E-state index contributed by atoms with van der Waals surface area (Å²) in [7, 11) is 0. The van der Waals surface area contributed by atoms with Gasteiger partial charge in [-0.2, -0.15) is 0 Å². The summed E-state index contributed by atoms with van der Waals surface area (Å²) in [4.78, 5) is 31.3. The number of hydrogen-bond donors (Lipinski definition) is 1. The minimum atomic E-state index is -0.418. The first-order valence-electron chi connectivity index (χ1n) is 8.08. The third-order valence-corrected chi connectivity index (χ3v) is 4.23. The van der Waals surface area contributed by atoms with E-state index in [4.69, 9.17) is 0 Å². The van der Waals surface area contributed by atoms with Gasteiger partial charge >= 0.3 is 0 Å². The zero-order valence-corrected chi connectivity index (χ0v) is 13.4. The minimum absolute atomic E-state index is 0.0645. The Balaban J connectivity index is 1.60. The number of nitrogens with one attached hydrogen (secondary N) is 1. The van der Waals surface area contributed by atoms with Crippen LogP contribution in [0.2, 0.25) is 0 Å². The van der Waals surface area contributed by atoms with Gasteiger partial charge in [0.1, 0.15) is 5.82 Å². The lowest BCUT2D eigenvalue weighted by Crippen LogP contribution is -2.38. The normalized spacial score (nSPS) is 15.2. The summed E-state index contributed by atoms with van der Waals surface area (Å²) < 4.78 is 13.3. The standard InChI is InChI=1S/C18H20FN3O2/c19-16-4-1-3-15(12-16)18(24)22-8-2-7-21(9-10-22)17(23)11-14-5-6-20-13-14/h1,3-6,12-13,20H,2,7-11H2. The number of H-pyrrole nitrogens is 1. The van der Waals surface area contributed by atoms with Crippen molar-refractivity contribution in [3.8, 4) is 0 Å². The highest BCUT2D eigenvalue weighted by Crippen LogP contribution is 2.12. The molecule has 126 valence electrons. The van der Waals surface area contributed by atoms with E-state index in [2.05, 4.69) is 4.98 Å². The lowest BCUT2D eigenvalue weighted by atomic mass is 10.2. The molecule has 0 bridgehead atoms. The fourth-order valence-corrected chi connectivity index (χ4v) is 2.93. The Hall–Kier alpha value is -2.63. The molecule has 1 N–H and O–H groups in total. The lowest BCUT2D eigenvalue weighted by molar-refractivity contribution is -0.130. The summed E-state index contributed by atoms with van der Waals surface area (Å²) in [6.07, 6.45) is 4.70. The molecule has 1 fully saturated rings. The van der Waals surface area contributed by atoms with Crippen molar-refractivity contribution in [3.63, 3.8) is 0 Å². The number of carbonyl (C=O) groups excluding carboxylic acids is 2. The molecule has 5 nitrogen and oxygen atoms in total. The molecular formula is C18H20FN3O2. The van der Waals surface area contributed by atoms with E-state index in [1.165, 1.54) is 18.2 Å². The molecule has 0 saturated carbocycles. The van der Waals surface area contributed by atoms with Gasteiger partial charge in [0.15, 0.2) is 0 Å².